The molecule has 0 amide bonds. The minimum Gasteiger partial charge on any atom is -0.292 e. The zero-order valence-electron chi connectivity index (χ0n) is 11.4. The maximum atomic E-state index is 12.2. The number of benzene rings is 1. The first-order chi connectivity index (χ1) is 9.02. The highest BCUT2D eigenvalue weighted by molar-refractivity contribution is 6.31. The van der Waals surface area contributed by atoms with Crippen LogP contribution in [-0.2, 0) is 13.0 Å². The zero-order chi connectivity index (χ0) is 14.0. The van der Waals surface area contributed by atoms with E-state index in [9.17, 15) is 4.79 Å². The number of hydrogen-bond donors (Lipinski definition) is 0. The Labute approximate surface area is 118 Å². The highest BCUT2D eigenvalue weighted by Crippen LogP contribution is 2.19. The van der Waals surface area contributed by atoms with Gasteiger partial charge in [0.1, 0.15) is 6.54 Å². The molecule has 0 fully saturated rings. The lowest BCUT2D eigenvalue weighted by molar-refractivity contribution is 0.0966. The van der Waals surface area contributed by atoms with Gasteiger partial charge in [-0.3, -0.25) is 9.48 Å². The van der Waals surface area contributed by atoms with Crippen molar-refractivity contribution in [2.24, 2.45) is 0 Å². The van der Waals surface area contributed by atoms with Crippen LogP contribution in [0.3, 0.4) is 0 Å². The summed E-state index contributed by atoms with van der Waals surface area (Å²) in [4.78, 5) is 12.2. The van der Waals surface area contributed by atoms with Crippen molar-refractivity contribution in [1.29, 1.82) is 0 Å². The quantitative estimate of drug-likeness (QED) is 0.800. The van der Waals surface area contributed by atoms with Gasteiger partial charge in [0.15, 0.2) is 5.78 Å². The predicted molar refractivity (Wildman–Crippen MR) is 76.9 cm³/mol. The molecule has 2 aromatic rings. The molecule has 3 nitrogen and oxygen atoms in total. The van der Waals surface area contributed by atoms with Crippen LogP contribution in [0.15, 0.2) is 24.3 Å². The van der Waals surface area contributed by atoms with Crippen molar-refractivity contribution in [3.8, 4) is 0 Å². The molecular weight excluding hydrogens is 260 g/mol. The van der Waals surface area contributed by atoms with Crippen LogP contribution in [0, 0.1) is 13.8 Å². The van der Waals surface area contributed by atoms with E-state index in [0.29, 0.717) is 10.6 Å². The molecule has 0 spiro atoms. The molecule has 1 aromatic heterocycles. The van der Waals surface area contributed by atoms with Crippen LogP contribution in [0.1, 0.15) is 34.2 Å². The highest BCUT2D eigenvalue weighted by Gasteiger charge is 2.13. The predicted octanol–water partition coefficient (Wildman–Crippen LogP) is 3.60. The summed E-state index contributed by atoms with van der Waals surface area (Å²) in [5.74, 6) is 0.0462. The van der Waals surface area contributed by atoms with Gasteiger partial charge in [-0.1, -0.05) is 42.8 Å². The fraction of sp³-hybridized carbons (Fsp3) is 0.333. The molecule has 0 aliphatic heterocycles. The number of aryl methyl sites for hydroxylation is 2. The molecule has 0 aliphatic rings. The summed E-state index contributed by atoms with van der Waals surface area (Å²) in [7, 11) is 0. The van der Waals surface area contributed by atoms with E-state index in [1.54, 1.807) is 4.68 Å². The van der Waals surface area contributed by atoms with Gasteiger partial charge in [0.25, 0.3) is 0 Å². The minimum atomic E-state index is 0.0462. The number of nitrogens with zero attached hydrogens (tertiary/aromatic N) is 2. The fourth-order valence-corrected chi connectivity index (χ4v) is 2.12. The Morgan fingerprint density at radius 1 is 1.26 bits per heavy atom. The van der Waals surface area contributed by atoms with E-state index in [-0.39, 0.29) is 12.3 Å². The van der Waals surface area contributed by atoms with Crippen molar-refractivity contribution in [2.45, 2.75) is 33.7 Å². The maximum absolute atomic E-state index is 12.2. The van der Waals surface area contributed by atoms with E-state index in [4.69, 9.17) is 11.6 Å². The Balaban J connectivity index is 2.18. The number of Topliss-reactive ketones (excluding diaryl/α,β-unsaturated/α-hetero) is 1. The molecule has 1 aromatic carbocycles. The molecule has 0 atom stereocenters. The van der Waals surface area contributed by atoms with Crippen LogP contribution < -0.4 is 0 Å². The summed E-state index contributed by atoms with van der Waals surface area (Å²) in [6, 6.07) is 7.71. The van der Waals surface area contributed by atoms with Gasteiger partial charge in [0.05, 0.1) is 16.4 Å². The van der Waals surface area contributed by atoms with Crippen LogP contribution in [-0.4, -0.2) is 15.6 Å². The molecule has 2 rings (SSSR count). The smallest absolute Gasteiger partial charge is 0.184 e. The highest BCUT2D eigenvalue weighted by atomic mass is 35.5. The Hall–Kier alpha value is -1.61. The molecule has 4 heteroatoms. The van der Waals surface area contributed by atoms with E-state index in [1.165, 1.54) is 5.56 Å². The summed E-state index contributed by atoms with van der Waals surface area (Å²) in [5.41, 5.74) is 3.53. The lowest BCUT2D eigenvalue weighted by Gasteiger charge is -2.05. The van der Waals surface area contributed by atoms with Crippen LogP contribution in [0.25, 0.3) is 0 Å². The number of aromatic nitrogens is 2. The number of hydrogen-bond acceptors (Lipinski definition) is 2. The monoisotopic (exact) mass is 276 g/mol. The lowest BCUT2D eigenvalue weighted by atomic mass is 10.1. The second-order valence-corrected chi connectivity index (χ2v) is 4.99. The topological polar surface area (TPSA) is 34.9 Å². The number of rotatable bonds is 4. The van der Waals surface area contributed by atoms with Crippen molar-refractivity contribution < 1.29 is 4.79 Å². The third-order valence-corrected chi connectivity index (χ3v) is 3.82. The third kappa shape index (κ3) is 2.87. The van der Waals surface area contributed by atoms with E-state index in [1.807, 2.05) is 38.1 Å². The molecule has 19 heavy (non-hydrogen) atoms. The lowest BCUT2D eigenvalue weighted by Crippen LogP contribution is -2.13. The first kappa shape index (κ1) is 13.8. The normalized spacial score (nSPS) is 10.7. The Morgan fingerprint density at radius 3 is 2.37 bits per heavy atom. The third-order valence-electron chi connectivity index (χ3n) is 3.27. The SMILES string of the molecule is CCc1ccc(C(=O)Cn2nc(C)c(Cl)c2C)cc1. The van der Waals surface area contributed by atoms with Crippen LogP contribution in [0.5, 0.6) is 0 Å². The summed E-state index contributed by atoms with van der Waals surface area (Å²) in [6.07, 6.45) is 0.974. The van der Waals surface area contributed by atoms with E-state index >= 15 is 0 Å². The molecule has 0 radical (unpaired) electrons. The molecule has 0 unspecified atom stereocenters. The first-order valence-electron chi connectivity index (χ1n) is 6.34. The fourth-order valence-electron chi connectivity index (χ4n) is 1.98. The van der Waals surface area contributed by atoms with Gasteiger partial charge >= 0.3 is 0 Å². The summed E-state index contributed by atoms with van der Waals surface area (Å²) >= 11 is 6.07. The molecule has 1 heterocycles. The number of carbonyl (C=O) groups excluding carboxylic acids is 1. The molecular formula is C15H17ClN2O. The summed E-state index contributed by atoms with van der Waals surface area (Å²) in [6.45, 7) is 6.03. The Kier molecular flexibility index (Phi) is 4.05. The maximum Gasteiger partial charge on any atom is 0.184 e. The van der Waals surface area contributed by atoms with Crippen molar-refractivity contribution in [2.75, 3.05) is 0 Å². The van der Waals surface area contributed by atoms with Gasteiger partial charge in [-0.05, 0) is 25.8 Å². The number of ketones is 1. The molecule has 0 bridgehead atoms. The minimum absolute atomic E-state index is 0.0462. The van der Waals surface area contributed by atoms with Gasteiger partial charge in [0, 0.05) is 5.56 Å². The molecule has 0 N–H and O–H groups in total. The van der Waals surface area contributed by atoms with Crippen LogP contribution in [0.2, 0.25) is 5.02 Å². The van der Waals surface area contributed by atoms with Crippen molar-refractivity contribution in [3.05, 3.63) is 51.8 Å². The van der Waals surface area contributed by atoms with Gasteiger partial charge < -0.3 is 0 Å². The van der Waals surface area contributed by atoms with Crippen molar-refractivity contribution >= 4 is 17.4 Å². The molecule has 0 saturated heterocycles. The van der Waals surface area contributed by atoms with Gasteiger partial charge in [-0.2, -0.15) is 5.10 Å². The summed E-state index contributed by atoms with van der Waals surface area (Å²) < 4.78 is 1.66. The van der Waals surface area contributed by atoms with E-state index < -0.39 is 0 Å². The average Bonchev–Trinajstić information content (AvgIpc) is 2.66. The van der Waals surface area contributed by atoms with E-state index in [2.05, 4.69) is 12.0 Å². The van der Waals surface area contributed by atoms with E-state index in [0.717, 1.165) is 17.8 Å². The van der Waals surface area contributed by atoms with Gasteiger partial charge in [-0.25, -0.2) is 0 Å². The Bertz CT molecular complexity index is 599. The molecule has 0 aliphatic carbocycles. The second kappa shape index (κ2) is 5.57. The zero-order valence-corrected chi connectivity index (χ0v) is 12.2. The first-order valence-corrected chi connectivity index (χ1v) is 6.72. The van der Waals surface area contributed by atoms with Gasteiger partial charge in [0.2, 0.25) is 0 Å². The number of halogens is 1. The second-order valence-electron chi connectivity index (χ2n) is 4.62. The van der Waals surface area contributed by atoms with Gasteiger partial charge in [-0.15, -0.1) is 0 Å². The molecule has 0 saturated carbocycles. The standard InChI is InChI=1S/C15H17ClN2O/c1-4-12-5-7-13(8-6-12)14(19)9-18-11(3)15(16)10(2)17-18/h5-8H,4,9H2,1-3H3. The van der Waals surface area contributed by atoms with Crippen LogP contribution in [0.4, 0.5) is 0 Å². The van der Waals surface area contributed by atoms with Crippen molar-refractivity contribution in [3.63, 3.8) is 0 Å². The average molecular weight is 277 g/mol. The molecule has 100 valence electrons. The number of carbonyl (C=O) groups is 1. The van der Waals surface area contributed by atoms with Crippen molar-refractivity contribution in [1.82, 2.24) is 9.78 Å². The Morgan fingerprint density at radius 2 is 1.89 bits per heavy atom. The summed E-state index contributed by atoms with van der Waals surface area (Å²) in [5, 5.41) is 4.91. The van der Waals surface area contributed by atoms with Crippen LogP contribution >= 0.6 is 11.6 Å². The largest absolute Gasteiger partial charge is 0.292 e.